The predicted molar refractivity (Wildman–Crippen MR) is 132 cm³/mol. The average molecular weight is 476 g/mol. The van der Waals surface area contributed by atoms with Gasteiger partial charge in [0.15, 0.2) is 5.60 Å². The molecule has 0 radical (unpaired) electrons. The fraction of sp³-hybridized carbons (Fsp3) is 0.185. The number of furan rings is 2. The minimum absolute atomic E-state index is 0.538. The molecule has 0 saturated carbocycles. The zero-order valence-electron chi connectivity index (χ0n) is 18.3. The van der Waals surface area contributed by atoms with Gasteiger partial charge in [-0.15, -0.1) is 22.7 Å². The second-order valence-corrected chi connectivity index (χ2v) is 10.0. The molecule has 4 heterocycles. The highest BCUT2D eigenvalue weighted by molar-refractivity contribution is 7.11. The maximum Gasteiger partial charge on any atom is 0.191 e. The van der Waals surface area contributed by atoms with Crippen molar-refractivity contribution in [3.05, 3.63) is 128 Å². The summed E-state index contributed by atoms with van der Waals surface area (Å²) < 4.78 is 11.9. The van der Waals surface area contributed by atoms with Crippen LogP contribution in [0.5, 0.6) is 0 Å². The van der Waals surface area contributed by atoms with Crippen molar-refractivity contribution in [1.29, 1.82) is 0 Å². The maximum absolute atomic E-state index is 11.8. The van der Waals surface area contributed by atoms with Crippen LogP contribution in [0.1, 0.15) is 38.2 Å². The number of nitrogens with zero attached hydrogens (tertiary/aromatic N) is 1. The van der Waals surface area contributed by atoms with Crippen molar-refractivity contribution in [2.24, 2.45) is 0 Å². The van der Waals surface area contributed by atoms with Crippen LogP contribution in [0.15, 0.2) is 98.7 Å². The number of thiophene rings is 2. The van der Waals surface area contributed by atoms with E-state index < -0.39 is 5.60 Å². The van der Waals surface area contributed by atoms with Gasteiger partial charge in [-0.2, -0.15) is 0 Å². The summed E-state index contributed by atoms with van der Waals surface area (Å²) in [7, 11) is 0. The first kappa shape index (κ1) is 21.9. The smallest absolute Gasteiger partial charge is 0.191 e. The topological polar surface area (TPSA) is 49.8 Å². The van der Waals surface area contributed by atoms with Gasteiger partial charge >= 0.3 is 0 Å². The monoisotopic (exact) mass is 475 g/mol. The molecule has 5 rings (SSSR count). The summed E-state index contributed by atoms with van der Waals surface area (Å²) in [5.41, 5.74) is 1.19. The summed E-state index contributed by atoms with van der Waals surface area (Å²) in [6.07, 6.45) is 1.70. The number of benzene rings is 1. The molecule has 0 amide bonds. The summed E-state index contributed by atoms with van der Waals surface area (Å²) in [6.45, 7) is 4.13. The van der Waals surface area contributed by atoms with Crippen molar-refractivity contribution in [1.82, 2.24) is 4.90 Å². The highest BCUT2D eigenvalue weighted by Gasteiger charge is 2.39. The SMILES string of the molecule is Cc1cccc(CN(Cc2ccco2)Cc2ccc(C(O)(c3cccs3)c3cccs3)o2)c1. The van der Waals surface area contributed by atoms with Gasteiger partial charge in [0.2, 0.25) is 0 Å². The largest absolute Gasteiger partial charge is 0.468 e. The number of hydrogen-bond donors (Lipinski definition) is 1. The minimum Gasteiger partial charge on any atom is -0.468 e. The van der Waals surface area contributed by atoms with Crippen molar-refractivity contribution < 1.29 is 13.9 Å². The molecular weight excluding hydrogens is 450 g/mol. The van der Waals surface area contributed by atoms with Crippen LogP contribution >= 0.6 is 22.7 Å². The van der Waals surface area contributed by atoms with Crippen LogP contribution in [0, 0.1) is 6.92 Å². The third-order valence-corrected chi connectivity index (χ3v) is 7.56. The fourth-order valence-corrected chi connectivity index (χ4v) is 5.82. The molecule has 0 atom stereocenters. The predicted octanol–water partition coefficient (Wildman–Crippen LogP) is 6.79. The summed E-state index contributed by atoms with van der Waals surface area (Å²) in [5.74, 6) is 2.25. The van der Waals surface area contributed by atoms with Crippen LogP contribution in [-0.4, -0.2) is 10.0 Å². The second kappa shape index (κ2) is 9.53. The van der Waals surface area contributed by atoms with Gasteiger partial charge < -0.3 is 13.9 Å². The van der Waals surface area contributed by atoms with Gasteiger partial charge in [0.25, 0.3) is 0 Å². The Morgan fingerprint density at radius 1 is 0.818 bits per heavy atom. The molecule has 0 aliphatic carbocycles. The van der Waals surface area contributed by atoms with Crippen molar-refractivity contribution >= 4 is 22.7 Å². The van der Waals surface area contributed by atoms with E-state index in [9.17, 15) is 5.11 Å². The number of aryl methyl sites for hydroxylation is 1. The molecule has 0 saturated heterocycles. The molecule has 168 valence electrons. The minimum atomic E-state index is -1.29. The van der Waals surface area contributed by atoms with Crippen molar-refractivity contribution in [3.63, 3.8) is 0 Å². The van der Waals surface area contributed by atoms with Gasteiger partial charge in [-0.1, -0.05) is 42.0 Å². The van der Waals surface area contributed by atoms with Crippen LogP contribution in [-0.2, 0) is 25.2 Å². The standard InChI is InChI=1S/C27H25NO3S2/c1-20-6-2-7-21(16-20)17-28(18-22-8-3-13-30-22)19-23-11-12-24(31-23)27(29,25-9-4-14-32-25)26-10-5-15-33-26/h2-16,29H,17-19H2,1H3. The molecule has 0 aliphatic heterocycles. The summed E-state index contributed by atoms with van der Waals surface area (Å²) in [6, 6.07) is 24.1. The van der Waals surface area contributed by atoms with E-state index in [1.165, 1.54) is 33.8 Å². The second-order valence-electron chi connectivity index (χ2n) is 8.14. The Labute approximate surface area is 201 Å². The zero-order valence-corrected chi connectivity index (χ0v) is 19.9. The van der Waals surface area contributed by atoms with E-state index in [1.807, 2.05) is 59.3 Å². The first-order chi connectivity index (χ1) is 16.1. The lowest BCUT2D eigenvalue weighted by Crippen LogP contribution is -2.26. The third kappa shape index (κ3) is 4.75. The quantitative estimate of drug-likeness (QED) is 0.255. The Morgan fingerprint density at radius 3 is 2.21 bits per heavy atom. The lowest BCUT2D eigenvalue weighted by molar-refractivity contribution is 0.102. The van der Waals surface area contributed by atoms with E-state index in [0.29, 0.717) is 18.8 Å². The number of rotatable bonds is 9. The first-order valence-electron chi connectivity index (χ1n) is 10.8. The van der Waals surface area contributed by atoms with Crippen LogP contribution in [0.2, 0.25) is 0 Å². The van der Waals surface area contributed by atoms with Crippen LogP contribution in [0.3, 0.4) is 0 Å². The van der Waals surface area contributed by atoms with Gasteiger partial charge in [0.05, 0.1) is 19.4 Å². The molecule has 0 spiro atoms. The molecule has 1 aromatic carbocycles. The average Bonchev–Trinajstić information content (AvgIpc) is 3.62. The Kier molecular flexibility index (Phi) is 6.33. The Hall–Kier alpha value is -2.90. The van der Waals surface area contributed by atoms with Gasteiger partial charge in [0.1, 0.15) is 17.3 Å². The number of hydrogen-bond acceptors (Lipinski definition) is 6. The maximum atomic E-state index is 11.8. The summed E-state index contributed by atoms with van der Waals surface area (Å²) in [5, 5.41) is 15.8. The zero-order chi connectivity index (χ0) is 22.7. The molecular formula is C27H25NO3S2. The molecule has 4 nitrogen and oxygen atoms in total. The Morgan fingerprint density at radius 2 is 1.58 bits per heavy atom. The molecule has 5 aromatic rings. The van der Waals surface area contributed by atoms with E-state index in [4.69, 9.17) is 8.83 Å². The van der Waals surface area contributed by atoms with Crippen LogP contribution < -0.4 is 0 Å². The fourth-order valence-electron chi connectivity index (χ4n) is 4.07. The molecule has 33 heavy (non-hydrogen) atoms. The molecule has 0 unspecified atom stereocenters. The van der Waals surface area contributed by atoms with E-state index in [2.05, 4.69) is 36.1 Å². The van der Waals surface area contributed by atoms with Gasteiger partial charge in [-0.05, 0) is 59.6 Å². The van der Waals surface area contributed by atoms with E-state index >= 15 is 0 Å². The molecule has 0 bridgehead atoms. The van der Waals surface area contributed by atoms with Crippen LogP contribution in [0.4, 0.5) is 0 Å². The van der Waals surface area contributed by atoms with Gasteiger partial charge in [-0.3, -0.25) is 4.90 Å². The lowest BCUT2D eigenvalue weighted by Gasteiger charge is -2.24. The molecule has 6 heteroatoms. The highest BCUT2D eigenvalue weighted by atomic mass is 32.1. The van der Waals surface area contributed by atoms with Crippen molar-refractivity contribution in [2.45, 2.75) is 32.2 Å². The van der Waals surface area contributed by atoms with Crippen molar-refractivity contribution in [2.75, 3.05) is 0 Å². The Balaban J connectivity index is 1.43. The molecule has 0 aliphatic rings. The third-order valence-electron chi connectivity index (χ3n) is 5.60. The van der Waals surface area contributed by atoms with Gasteiger partial charge in [-0.25, -0.2) is 0 Å². The lowest BCUT2D eigenvalue weighted by atomic mass is 9.97. The van der Waals surface area contributed by atoms with E-state index in [-0.39, 0.29) is 0 Å². The molecule has 0 fully saturated rings. The summed E-state index contributed by atoms with van der Waals surface area (Å²) in [4.78, 5) is 3.97. The highest BCUT2D eigenvalue weighted by Crippen LogP contribution is 2.41. The van der Waals surface area contributed by atoms with E-state index in [1.54, 1.807) is 6.26 Å². The van der Waals surface area contributed by atoms with E-state index in [0.717, 1.165) is 27.8 Å². The summed E-state index contributed by atoms with van der Waals surface area (Å²) >= 11 is 3.05. The van der Waals surface area contributed by atoms with Crippen molar-refractivity contribution in [3.8, 4) is 0 Å². The molecule has 4 aromatic heterocycles. The first-order valence-corrected chi connectivity index (χ1v) is 12.6. The van der Waals surface area contributed by atoms with Gasteiger partial charge in [0, 0.05) is 16.3 Å². The normalized spacial score (nSPS) is 12.0. The molecule has 1 N–H and O–H groups in total. The van der Waals surface area contributed by atoms with Crippen LogP contribution in [0.25, 0.3) is 0 Å². The number of aliphatic hydroxyl groups is 1. The Bertz CT molecular complexity index is 1240.